The van der Waals surface area contributed by atoms with Crippen molar-refractivity contribution in [3.63, 3.8) is 0 Å². The molecule has 86 valence electrons. The molecule has 1 aromatic carbocycles. The van der Waals surface area contributed by atoms with Crippen molar-refractivity contribution in [1.29, 1.82) is 5.41 Å². The SMILES string of the molecule is C/C=C/SC(=N)c1cccc(C(F)(F)F)c1. The van der Waals surface area contributed by atoms with E-state index in [1.165, 1.54) is 12.1 Å². The van der Waals surface area contributed by atoms with E-state index in [1.54, 1.807) is 18.4 Å². The number of benzene rings is 1. The average molecular weight is 245 g/mol. The number of allylic oxidation sites excluding steroid dienone is 1. The quantitative estimate of drug-likeness (QED) is 0.609. The minimum atomic E-state index is -4.36. The van der Waals surface area contributed by atoms with Crippen LogP contribution >= 0.6 is 11.8 Å². The molecule has 0 bridgehead atoms. The maximum absolute atomic E-state index is 12.4. The van der Waals surface area contributed by atoms with Crippen LogP contribution < -0.4 is 0 Å². The molecule has 16 heavy (non-hydrogen) atoms. The molecule has 0 fully saturated rings. The minimum absolute atomic E-state index is 0.101. The van der Waals surface area contributed by atoms with Gasteiger partial charge in [0.15, 0.2) is 0 Å². The standard InChI is InChI=1S/C11H10F3NS/c1-2-6-16-10(15)8-4-3-5-9(7-8)11(12,13)14/h2-7,15H,1H3/b6-2+,15-10?. The Balaban J connectivity index is 2.95. The molecule has 1 aromatic rings. The van der Waals surface area contributed by atoms with E-state index in [2.05, 4.69) is 0 Å². The average Bonchev–Trinajstić information content (AvgIpc) is 2.25. The first-order valence-electron chi connectivity index (χ1n) is 4.49. The van der Waals surface area contributed by atoms with Gasteiger partial charge in [-0.15, -0.1) is 0 Å². The van der Waals surface area contributed by atoms with Crippen molar-refractivity contribution in [1.82, 2.24) is 0 Å². The van der Waals surface area contributed by atoms with E-state index in [9.17, 15) is 13.2 Å². The highest BCUT2D eigenvalue weighted by Gasteiger charge is 2.30. The van der Waals surface area contributed by atoms with Crippen LogP contribution in [0, 0.1) is 5.41 Å². The van der Waals surface area contributed by atoms with Gasteiger partial charge in [0.05, 0.1) is 10.6 Å². The zero-order valence-electron chi connectivity index (χ0n) is 8.51. The van der Waals surface area contributed by atoms with Crippen molar-refractivity contribution < 1.29 is 13.2 Å². The van der Waals surface area contributed by atoms with Gasteiger partial charge in [-0.2, -0.15) is 13.2 Å². The first-order chi connectivity index (χ1) is 7.45. The number of nitrogens with one attached hydrogen (secondary N) is 1. The zero-order chi connectivity index (χ0) is 12.2. The summed E-state index contributed by atoms with van der Waals surface area (Å²) in [5, 5.41) is 9.34. The number of rotatable bonds is 2. The predicted molar refractivity (Wildman–Crippen MR) is 60.7 cm³/mol. The van der Waals surface area contributed by atoms with Crippen molar-refractivity contribution in [2.45, 2.75) is 13.1 Å². The summed E-state index contributed by atoms with van der Waals surface area (Å²) in [5.74, 6) is 0. The molecular formula is C11H10F3NS. The lowest BCUT2D eigenvalue weighted by Crippen LogP contribution is -2.06. The van der Waals surface area contributed by atoms with E-state index in [0.717, 1.165) is 23.9 Å². The van der Waals surface area contributed by atoms with Crippen molar-refractivity contribution >= 4 is 16.8 Å². The molecule has 5 heteroatoms. The lowest BCUT2D eigenvalue weighted by atomic mass is 10.1. The summed E-state index contributed by atoms with van der Waals surface area (Å²) < 4.78 is 37.2. The highest BCUT2D eigenvalue weighted by Crippen LogP contribution is 2.30. The Hall–Kier alpha value is -1.23. The highest BCUT2D eigenvalue weighted by atomic mass is 32.2. The number of hydrogen-bond donors (Lipinski definition) is 1. The van der Waals surface area contributed by atoms with Gasteiger partial charge in [0.1, 0.15) is 0 Å². The smallest absolute Gasteiger partial charge is 0.293 e. The van der Waals surface area contributed by atoms with Crippen molar-refractivity contribution in [3.05, 3.63) is 46.9 Å². The lowest BCUT2D eigenvalue weighted by Gasteiger charge is -2.08. The summed E-state index contributed by atoms with van der Waals surface area (Å²) in [7, 11) is 0. The van der Waals surface area contributed by atoms with Crippen molar-refractivity contribution in [2.75, 3.05) is 0 Å². The lowest BCUT2D eigenvalue weighted by molar-refractivity contribution is -0.137. The maximum Gasteiger partial charge on any atom is 0.416 e. The third kappa shape index (κ3) is 3.41. The van der Waals surface area contributed by atoms with E-state index in [4.69, 9.17) is 5.41 Å². The molecule has 0 heterocycles. The molecule has 1 rings (SSSR count). The topological polar surface area (TPSA) is 23.9 Å². The molecule has 0 saturated carbocycles. The summed E-state index contributed by atoms with van der Waals surface area (Å²) in [5.41, 5.74) is -0.450. The second-order valence-corrected chi connectivity index (χ2v) is 3.91. The van der Waals surface area contributed by atoms with Gasteiger partial charge in [-0.05, 0) is 24.5 Å². The third-order valence-electron chi connectivity index (χ3n) is 1.77. The molecule has 0 aliphatic carbocycles. The summed E-state index contributed by atoms with van der Waals surface area (Å²) in [6, 6.07) is 4.78. The molecule has 0 aliphatic rings. The predicted octanol–water partition coefficient (Wildman–Crippen LogP) is 4.30. The van der Waals surface area contributed by atoms with Gasteiger partial charge in [0.2, 0.25) is 0 Å². The molecule has 0 saturated heterocycles. The molecule has 0 aliphatic heterocycles. The van der Waals surface area contributed by atoms with Gasteiger partial charge in [-0.1, -0.05) is 30.0 Å². The molecule has 0 aromatic heterocycles. The Morgan fingerprint density at radius 2 is 2.06 bits per heavy atom. The molecule has 0 radical (unpaired) electrons. The third-order valence-corrected chi connectivity index (χ3v) is 2.65. The Labute approximate surface area is 95.9 Å². The van der Waals surface area contributed by atoms with E-state index in [-0.39, 0.29) is 10.6 Å². The summed E-state index contributed by atoms with van der Waals surface area (Å²) >= 11 is 1.08. The van der Waals surface area contributed by atoms with Gasteiger partial charge in [-0.3, -0.25) is 5.41 Å². The molecule has 0 amide bonds. The number of halogens is 3. The van der Waals surface area contributed by atoms with Crippen LogP contribution in [0.4, 0.5) is 13.2 Å². The van der Waals surface area contributed by atoms with Gasteiger partial charge >= 0.3 is 6.18 Å². The molecule has 1 N–H and O–H groups in total. The van der Waals surface area contributed by atoms with Gasteiger partial charge in [-0.25, -0.2) is 0 Å². The maximum atomic E-state index is 12.4. The molecule has 0 unspecified atom stereocenters. The van der Waals surface area contributed by atoms with Crippen LogP contribution in [0.2, 0.25) is 0 Å². The first kappa shape index (κ1) is 12.8. The van der Waals surface area contributed by atoms with E-state index in [1.807, 2.05) is 0 Å². The van der Waals surface area contributed by atoms with E-state index >= 15 is 0 Å². The summed E-state index contributed by atoms with van der Waals surface area (Å²) in [6.07, 6.45) is -2.63. The summed E-state index contributed by atoms with van der Waals surface area (Å²) in [4.78, 5) is 0. The molecule has 0 atom stereocenters. The van der Waals surface area contributed by atoms with E-state index in [0.29, 0.717) is 0 Å². The zero-order valence-corrected chi connectivity index (χ0v) is 9.32. The van der Waals surface area contributed by atoms with Crippen LogP contribution in [-0.4, -0.2) is 5.04 Å². The van der Waals surface area contributed by atoms with Crippen LogP contribution in [-0.2, 0) is 6.18 Å². The second kappa shape index (κ2) is 5.21. The van der Waals surface area contributed by atoms with E-state index < -0.39 is 11.7 Å². The van der Waals surface area contributed by atoms with Crippen LogP contribution in [0.25, 0.3) is 0 Å². The number of alkyl halides is 3. The minimum Gasteiger partial charge on any atom is -0.293 e. The number of hydrogen-bond acceptors (Lipinski definition) is 2. The fraction of sp³-hybridized carbons (Fsp3) is 0.182. The Bertz CT molecular complexity index is 410. The second-order valence-electron chi connectivity index (χ2n) is 2.99. The molecule has 1 nitrogen and oxygen atoms in total. The van der Waals surface area contributed by atoms with Crippen LogP contribution in [0.5, 0.6) is 0 Å². The normalized spacial score (nSPS) is 12.0. The first-order valence-corrected chi connectivity index (χ1v) is 5.37. The monoisotopic (exact) mass is 245 g/mol. The van der Waals surface area contributed by atoms with Crippen LogP contribution in [0.1, 0.15) is 18.1 Å². The number of thioether (sulfide) groups is 1. The highest BCUT2D eigenvalue weighted by molar-refractivity contribution is 8.16. The van der Waals surface area contributed by atoms with Gasteiger partial charge in [0, 0.05) is 5.56 Å². The fourth-order valence-electron chi connectivity index (χ4n) is 1.04. The fourth-order valence-corrected chi connectivity index (χ4v) is 1.58. The Morgan fingerprint density at radius 1 is 1.38 bits per heavy atom. The summed E-state index contributed by atoms with van der Waals surface area (Å²) in [6.45, 7) is 1.78. The largest absolute Gasteiger partial charge is 0.416 e. The van der Waals surface area contributed by atoms with Gasteiger partial charge < -0.3 is 0 Å². The molecular weight excluding hydrogens is 235 g/mol. The molecule has 0 spiro atoms. The van der Waals surface area contributed by atoms with Crippen LogP contribution in [0.15, 0.2) is 35.7 Å². The van der Waals surface area contributed by atoms with Crippen molar-refractivity contribution in [2.24, 2.45) is 0 Å². The van der Waals surface area contributed by atoms with Crippen molar-refractivity contribution in [3.8, 4) is 0 Å². The van der Waals surface area contributed by atoms with Crippen LogP contribution in [0.3, 0.4) is 0 Å². The Morgan fingerprint density at radius 3 is 2.62 bits per heavy atom. The van der Waals surface area contributed by atoms with Gasteiger partial charge in [0.25, 0.3) is 0 Å². The Kier molecular flexibility index (Phi) is 4.18.